The highest BCUT2D eigenvalue weighted by Crippen LogP contribution is 2.22. The third-order valence-electron chi connectivity index (χ3n) is 2.95. The van der Waals surface area contributed by atoms with Gasteiger partial charge in [0, 0.05) is 19.8 Å². The van der Waals surface area contributed by atoms with Crippen LogP contribution >= 0.6 is 0 Å². The Morgan fingerprint density at radius 1 is 1.11 bits per heavy atom. The van der Waals surface area contributed by atoms with Crippen molar-refractivity contribution in [2.45, 2.75) is 38.9 Å². The summed E-state index contributed by atoms with van der Waals surface area (Å²) >= 11 is 0. The van der Waals surface area contributed by atoms with Gasteiger partial charge in [-0.1, -0.05) is 45.0 Å². The lowest BCUT2D eigenvalue weighted by Crippen LogP contribution is -2.18. The summed E-state index contributed by atoms with van der Waals surface area (Å²) < 4.78 is 10.1. The van der Waals surface area contributed by atoms with E-state index in [1.165, 1.54) is 19.8 Å². The Balaban J connectivity index is 2.76. The van der Waals surface area contributed by atoms with Crippen molar-refractivity contribution in [3.63, 3.8) is 0 Å². The number of rotatable bonds is 5. The van der Waals surface area contributed by atoms with E-state index >= 15 is 0 Å². The van der Waals surface area contributed by atoms with Crippen LogP contribution in [-0.2, 0) is 14.9 Å². The molecular formula is C15H22O3. The van der Waals surface area contributed by atoms with Gasteiger partial charge in [0.1, 0.15) is 0 Å². The van der Waals surface area contributed by atoms with E-state index in [1.807, 2.05) is 24.3 Å². The van der Waals surface area contributed by atoms with Gasteiger partial charge in [0.05, 0.1) is 6.42 Å². The summed E-state index contributed by atoms with van der Waals surface area (Å²) in [5.41, 5.74) is 2.01. The van der Waals surface area contributed by atoms with E-state index in [1.54, 1.807) is 0 Å². The van der Waals surface area contributed by atoms with Crippen molar-refractivity contribution < 1.29 is 14.3 Å². The molecule has 0 aromatic heterocycles. The fourth-order valence-corrected chi connectivity index (χ4v) is 1.69. The highest BCUT2D eigenvalue weighted by Gasteiger charge is 2.16. The summed E-state index contributed by atoms with van der Waals surface area (Å²) in [5.74, 6) is 0.0316. The van der Waals surface area contributed by atoms with E-state index in [0.717, 1.165) is 0 Å². The van der Waals surface area contributed by atoms with Crippen molar-refractivity contribution in [2.24, 2.45) is 0 Å². The monoisotopic (exact) mass is 250 g/mol. The van der Waals surface area contributed by atoms with E-state index in [4.69, 9.17) is 9.47 Å². The fraction of sp³-hybridized carbons (Fsp3) is 0.533. The van der Waals surface area contributed by atoms with Gasteiger partial charge in [-0.25, -0.2) is 0 Å². The first kappa shape index (κ1) is 14.9. The SMILES string of the molecule is COC(CC(=O)c1ccc(C(C)(C)C)cc1)OC. The van der Waals surface area contributed by atoms with E-state index in [2.05, 4.69) is 20.8 Å². The third-order valence-corrected chi connectivity index (χ3v) is 2.95. The predicted octanol–water partition coefficient (Wildman–Crippen LogP) is 3.18. The van der Waals surface area contributed by atoms with E-state index in [-0.39, 0.29) is 17.6 Å². The minimum atomic E-state index is -0.472. The van der Waals surface area contributed by atoms with E-state index in [9.17, 15) is 4.79 Å². The van der Waals surface area contributed by atoms with Gasteiger partial charge in [0.2, 0.25) is 0 Å². The van der Waals surface area contributed by atoms with Gasteiger partial charge in [-0.2, -0.15) is 0 Å². The Labute approximate surface area is 109 Å². The zero-order valence-electron chi connectivity index (χ0n) is 11.8. The van der Waals surface area contributed by atoms with Crippen LogP contribution in [0.2, 0.25) is 0 Å². The Kier molecular flexibility index (Phi) is 5.05. The van der Waals surface area contributed by atoms with Gasteiger partial charge in [-0.3, -0.25) is 4.79 Å². The standard InChI is InChI=1S/C15H22O3/c1-15(2,3)12-8-6-11(7-9-12)13(16)10-14(17-4)18-5/h6-9,14H,10H2,1-5H3. The van der Waals surface area contributed by atoms with Crippen LogP contribution in [0, 0.1) is 0 Å². The molecule has 0 aliphatic heterocycles. The summed E-state index contributed by atoms with van der Waals surface area (Å²) in [5, 5.41) is 0. The third kappa shape index (κ3) is 3.93. The number of ether oxygens (including phenoxy) is 2. The summed E-state index contributed by atoms with van der Waals surface area (Å²) in [6.07, 6.45) is -0.234. The van der Waals surface area contributed by atoms with Crippen LogP contribution in [0.25, 0.3) is 0 Å². The molecule has 0 saturated heterocycles. The smallest absolute Gasteiger partial charge is 0.167 e. The van der Waals surface area contributed by atoms with Gasteiger partial charge >= 0.3 is 0 Å². The van der Waals surface area contributed by atoms with Crippen LogP contribution in [-0.4, -0.2) is 26.3 Å². The molecule has 18 heavy (non-hydrogen) atoms. The second kappa shape index (κ2) is 6.12. The average Bonchev–Trinajstić information content (AvgIpc) is 2.34. The summed E-state index contributed by atoms with van der Waals surface area (Å²) in [4.78, 5) is 12.0. The molecule has 100 valence electrons. The van der Waals surface area contributed by atoms with Crippen LogP contribution in [0.1, 0.15) is 43.1 Å². The number of ketones is 1. The molecule has 0 N–H and O–H groups in total. The molecule has 0 atom stereocenters. The number of carbonyl (C=O) groups is 1. The molecule has 0 aliphatic rings. The van der Waals surface area contributed by atoms with E-state index in [0.29, 0.717) is 5.56 Å². The average molecular weight is 250 g/mol. The maximum absolute atomic E-state index is 12.0. The van der Waals surface area contributed by atoms with Crippen LogP contribution in [0.4, 0.5) is 0 Å². The highest BCUT2D eigenvalue weighted by atomic mass is 16.7. The van der Waals surface area contributed by atoms with Crippen molar-refractivity contribution >= 4 is 5.78 Å². The number of carbonyl (C=O) groups excluding carboxylic acids is 1. The van der Waals surface area contributed by atoms with Gasteiger partial charge in [0.25, 0.3) is 0 Å². The minimum absolute atomic E-state index is 0.0316. The lowest BCUT2D eigenvalue weighted by Gasteiger charge is -2.19. The number of Topliss-reactive ketones (excluding diaryl/α,β-unsaturated/α-hetero) is 1. The Bertz CT molecular complexity index is 383. The molecule has 1 aromatic carbocycles. The molecule has 0 saturated carbocycles. The molecule has 1 rings (SSSR count). The lowest BCUT2D eigenvalue weighted by molar-refractivity contribution is -0.0993. The maximum Gasteiger partial charge on any atom is 0.167 e. The topological polar surface area (TPSA) is 35.5 Å². The van der Waals surface area contributed by atoms with Crippen molar-refractivity contribution in [2.75, 3.05) is 14.2 Å². The molecule has 0 unspecified atom stereocenters. The maximum atomic E-state index is 12.0. The molecule has 0 aliphatic carbocycles. The normalized spacial score (nSPS) is 11.9. The highest BCUT2D eigenvalue weighted by molar-refractivity contribution is 5.96. The second-order valence-corrected chi connectivity index (χ2v) is 5.36. The lowest BCUT2D eigenvalue weighted by atomic mass is 9.86. The Hall–Kier alpha value is -1.19. The molecule has 0 heterocycles. The van der Waals surface area contributed by atoms with Gasteiger partial charge in [-0.05, 0) is 11.0 Å². The zero-order valence-corrected chi connectivity index (χ0v) is 11.8. The molecule has 0 spiro atoms. The molecule has 0 radical (unpaired) electrons. The van der Waals surface area contributed by atoms with Crippen LogP contribution in [0.15, 0.2) is 24.3 Å². The van der Waals surface area contributed by atoms with Gasteiger partial charge < -0.3 is 9.47 Å². The Morgan fingerprint density at radius 2 is 1.61 bits per heavy atom. The molecule has 1 aromatic rings. The molecule has 3 heteroatoms. The fourth-order valence-electron chi connectivity index (χ4n) is 1.69. The molecule has 0 fully saturated rings. The zero-order chi connectivity index (χ0) is 13.8. The first-order chi connectivity index (χ1) is 8.38. The van der Waals surface area contributed by atoms with E-state index < -0.39 is 6.29 Å². The van der Waals surface area contributed by atoms with Crippen molar-refractivity contribution in [1.82, 2.24) is 0 Å². The molecule has 3 nitrogen and oxygen atoms in total. The minimum Gasteiger partial charge on any atom is -0.355 e. The van der Waals surface area contributed by atoms with Crippen LogP contribution in [0.3, 0.4) is 0 Å². The van der Waals surface area contributed by atoms with Gasteiger partial charge in [-0.15, -0.1) is 0 Å². The van der Waals surface area contributed by atoms with Crippen molar-refractivity contribution in [1.29, 1.82) is 0 Å². The molecular weight excluding hydrogens is 228 g/mol. The predicted molar refractivity (Wildman–Crippen MR) is 71.9 cm³/mol. The van der Waals surface area contributed by atoms with Crippen LogP contribution in [0.5, 0.6) is 0 Å². The first-order valence-electron chi connectivity index (χ1n) is 6.08. The molecule has 0 bridgehead atoms. The second-order valence-electron chi connectivity index (χ2n) is 5.36. The van der Waals surface area contributed by atoms with Crippen molar-refractivity contribution in [3.05, 3.63) is 35.4 Å². The quantitative estimate of drug-likeness (QED) is 0.594. The number of benzene rings is 1. The molecule has 0 amide bonds. The van der Waals surface area contributed by atoms with Gasteiger partial charge in [0.15, 0.2) is 12.1 Å². The first-order valence-corrected chi connectivity index (χ1v) is 6.08. The van der Waals surface area contributed by atoms with Crippen LogP contribution < -0.4 is 0 Å². The summed E-state index contributed by atoms with van der Waals surface area (Å²) in [6, 6.07) is 7.74. The number of hydrogen-bond donors (Lipinski definition) is 0. The van der Waals surface area contributed by atoms with Crippen molar-refractivity contribution in [3.8, 4) is 0 Å². The summed E-state index contributed by atoms with van der Waals surface area (Å²) in [6.45, 7) is 6.45. The largest absolute Gasteiger partial charge is 0.355 e. The number of hydrogen-bond acceptors (Lipinski definition) is 3. The Morgan fingerprint density at radius 3 is 2.00 bits per heavy atom. The number of methoxy groups -OCH3 is 2. The summed E-state index contributed by atoms with van der Waals surface area (Å²) in [7, 11) is 3.06.